The molecule has 0 spiro atoms. The van der Waals surface area contributed by atoms with Gasteiger partial charge in [0.25, 0.3) is 0 Å². The third-order valence-corrected chi connectivity index (χ3v) is 10.1. The van der Waals surface area contributed by atoms with Crippen LogP contribution in [0.5, 0.6) is 0 Å². The predicted octanol–water partition coefficient (Wildman–Crippen LogP) is 13.8. The Balaban J connectivity index is 1.04. The third kappa shape index (κ3) is 4.57. The van der Waals surface area contributed by atoms with Crippen LogP contribution in [0.3, 0.4) is 0 Å². The van der Waals surface area contributed by atoms with Gasteiger partial charge in [-0.25, -0.2) is 0 Å². The molecule has 1 heterocycles. The fraction of sp³-hybridized carbons (Fsp3) is 0. The molecule has 0 amide bonds. The Bertz CT molecular complexity index is 2880. The van der Waals surface area contributed by atoms with Gasteiger partial charge in [0.2, 0.25) is 0 Å². The van der Waals surface area contributed by atoms with Crippen molar-refractivity contribution in [2.75, 3.05) is 5.32 Å². The lowest BCUT2D eigenvalue weighted by atomic mass is 9.91. The fourth-order valence-electron chi connectivity index (χ4n) is 7.72. The van der Waals surface area contributed by atoms with Crippen LogP contribution in [0.15, 0.2) is 186 Å². The summed E-state index contributed by atoms with van der Waals surface area (Å²) in [6.45, 7) is 0. The van der Waals surface area contributed by atoms with Crippen molar-refractivity contribution in [3.63, 3.8) is 0 Å². The SMILES string of the molecule is c1ccc(-c2cc3ccccc3c3c2oc2c(Nc4ccc(-c5cccc6c(-c7cccc8ccccc78)cccc56)cc4)cccc23)cc1. The summed E-state index contributed by atoms with van der Waals surface area (Å²) in [4.78, 5) is 0. The van der Waals surface area contributed by atoms with E-state index in [0.29, 0.717) is 0 Å². The first kappa shape index (κ1) is 28.4. The maximum absolute atomic E-state index is 6.80. The van der Waals surface area contributed by atoms with Crippen molar-refractivity contribution in [1.29, 1.82) is 0 Å². The minimum absolute atomic E-state index is 0.857. The first-order valence-corrected chi connectivity index (χ1v) is 17.1. The van der Waals surface area contributed by atoms with E-state index >= 15 is 0 Å². The first-order valence-electron chi connectivity index (χ1n) is 17.1. The maximum Gasteiger partial charge on any atom is 0.158 e. The van der Waals surface area contributed by atoms with E-state index in [-0.39, 0.29) is 0 Å². The van der Waals surface area contributed by atoms with Gasteiger partial charge in [-0.2, -0.15) is 0 Å². The number of benzene rings is 9. The van der Waals surface area contributed by atoms with E-state index < -0.39 is 0 Å². The summed E-state index contributed by atoms with van der Waals surface area (Å²) in [5.74, 6) is 0. The van der Waals surface area contributed by atoms with Crippen LogP contribution in [0.4, 0.5) is 11.4 Å². The molecule has 0 fully saturated rings. The van der Waals surface area contributed by atoms with E-state index in [0.717, 1.165) is 44.4 Å². The Labute approximate surface area is 289 Å². The molecule has 0 atom stereocenters. The second-order valence-electron chi connectivity index (χ2n) is 12.9. The summed E-state index contributed by atoms with van der Waals surface area (Å²) < 4.78 is 6.80. The van der Waals surface area contributed by atoms with Crippen LogP contribution in [0.1, 0.15) is 0 Å². The average molecular weight is 638 g/mol. The molecule has 0 aliphatic rings. The summed E-state index contributed by atoms with van der Waals surface area (Å²) >= 11 is 0. The van der Waals surface area contributed by atoms with Crippen molar-refractivity contribution in [3.8, 4) is 33.4 Å². The van der Waals surface area contributed by atoms with Gasteiger partial charge in [-0.05, 0) is 84.4 Å². The summed E-state index contributed by atoms with van der Waals surface area (Å²) in [7, 11) is 0. The molecular weight excluding hydrogens is 607 g/mol. The lowest BCUT2D eigenvalue weighted by Crippen LogP contribution is -1.91. The molecule has 0 bridgehead atoms. The molecule has 2 nitrogen and oxygen atoms in total. The standard InChI is InChI=1S/C48H31NO/c1-2-12-32(13-3-1)44-30-34-15-5-7-18-38(34)46-43-24-11-25-45(47(43)50-48(44)46)49-35-28-26-33(27-29-35)37-19-9-22-41-40(37)21-10-23-42(41)39-20-8-16-31-14-4-6-17-36(31)39/h1-30,49H. The third-order valence-electron chi connectivity index (χ3n) is 10.1. The molecule has 1 N–H and O–H groups in total. The zero-order chi connectivity index (χ0) is 33.0. The Morgan fingerprint density at radius 2 is 0.900 bits per heavy atom. The number of fused-ring (bicyclic) bond motifs is 7. The quantitative estimate of drug-likeness (QED) is 0.203. The molecule has 10 rings (SSSR count). The molecule has 2 heteroatoms. The molecule has 0 radical (unpaired) electrons. The van der Waals surface area contributed by atoms with E-state index in [1.807, 2.05) is 0 Å². The number of rotatable bonds is 5. The van der Waals surface area contributed by atoms with Crippen LogP contribution >= 0.6 is 0 Å². The lowest BCUT2D eigenvalue weighted by molar-refractivity contribution is 0.671. The van der Waals surface area contributed by atoms with E-state index in [2.05, 4.69) is 187 Å². The summed E-state index contributed by atoms with van der Waals surface area (Å²) in [5.41, 5.74) is 10.9. The molecule has 0 saturated carbocycles. The highest BCUT2D eigenvalue weighted by molar-refractivity contribution is 6.24. The number of nitrogens with one attached hydrogen (secondary N) is 1. The molecule has 234 valence electrons. The highest BCUT2D eigenvalue weighted by Crippen LogP contribution is 2.43. The predicted molar refractivity (Wildman–Crippen MR) is 212 cm³/mol. The van der Waals surface area contributed by atoms with Crippen molar-refractivity contribution < 1.29 is 4.42 Å². The normalized spacial score (nSPS) is 11.6. The average Bonchev–Trinajstić information content (AvgIpc) is 3.59. The van der Waals surface area contributed by atoms with Crippen LogP contribution < -0.4 is 5.32 Å². The molecular formula is C48H31NO. The topological polar surface area (TPSA) is 25.2 Å². The Hall–Kier alpha value is -6.64. The van der Waals surface area contributed by atoms with Gasteiger partial charge < -0.3 is 9.73 Å². The zero-order valence-electron chi connectivity index (χ0n) is 27.2. The van der Waals surface area contributed by atoms with Gasteiger partial charge in [0, 0.05) is 22.0 Å². The van der Waals surface area contributed by atoms with Crippen molar-refractivity contribution in [3.05, 3.63) is 182 Å². The van der Waals surface area contributed by atoms with Crippen LogP contribution in [0.25, 0.3) is 87.6 Å². The van der Waals surface area contributed by atoms with Crippen LogP contribution in [-0.4, -0.2) is 0 Å². The molecule has 10 aromatic rings. The van der Waals surface area contributed by atoms with Crippen LogP contribution in [0.2, 0.25) is 0 Å². The van der Waals surface area contributed by atoms with Gasteiger partial charge in [-0.1, -0.05) is 158 Å². The fourth-order valence-corrected chi connectivity index (χ4v) is 7.72. The Kier molecular flexibility index (Phi) is 6.53. The highest BCUT2D eigenvalue weighted by Gasteiger charge is 2.18. The number of hydrogen-bond donors (Lipinski definition) is 1. The monoisotopic (exact) mass is 637 g/mol. The molecule has 1 aromatic heterocycles. The van der Waals surface area contributed by atoms with Gasteiger partial charge in [-0.3, -0.25) is 0 Å². The Morgan fingerprint density at radius 3 is 1.72 bits per heavy atom. The first-order chi connectivity index (χ1) is 24.8. The van der Waals surface area contributed by atoms with E-state index in [9.17, 15) is 0 Å². The minimum atomic E-state index is 0.857. The van der Waals surface area contributed by atoms with Gasteiger partial charge in [0.1, 0.15) is 5.58 Å². The Morgan fingerprint density at radius 1 is 0.340 bits per heavy atom. The van der Waals surface area contributed by atoms with Crippen molar-refractivity contribution >= 4 is 65.6 Å². The van der Waals surface area contributed by atoms with Crippen LogP contribution in [0, 0.1) is 0 Å². The number of para-hydroxylation sites is 1. The van der Waals surface area contributed by atoms with Gasteiger partial charge in [0.05, 0.1) is 5.69 Å². The highest BCUT2D eigenvalue weighted by atomic mass is 16.3. The van der Waals surface area contributed by atoms with Gasteiger partial charge in [-0.15, -0.1) is 0 Å². The number of furan rings is 1. The minimum Gasteiger partial charge on any atom is -0.453 e. The molecule has 9 aromatic carbocycles. The second-order valence-corrected chi connectivity index (χ2v) is 12.9. The summed E-state index contributed by atoms with van der Waals surface area (Å²) in [6.07, 6.45) is 0. The van der Waals surface area contributed by atoms with Gasteiger partial charge >= 0.3 is 0 Å². The van der Waals surface area contributed by atoms with Crippen molar-refractivity contribution in [2.24, 2.45) is 0 Å². The molecule has 0 aliphatic heterocycles. The van der Waals surface area contributed by atoms with Crippen LogP contribution in [-0.2, 0) is 0 Å². The van der Waals surface area contributed by atoms with Crippen molar-refractivity contribution in [2.45, 2.75) is 0 Å². The van der Waals surface area contributed by atoms with E-state index in [4.69, 9.17) is 4.42 Å². The summed E-state index contributed by atoms with van der Waals surface area (Å²) in [6, 6.07) is 65.0. The molecule has 0 unspecified atom stereocenters. The molecule has 50 heavy (non-hydrogen) atoms. The number of anilines is 2. The van der Waals surface area contributed by atoms with E-state index in [1.54, 1.807) is 0 Å². The molecule has 0 saturated heterocycles. The number of hydrogen-bond acceptors (Lipinski definition) is 2. The summed E-state index contributed by atoms with van der Waals surface area (Å²) in [5, 5.41) is 13.4. The van der Waals surface area contributed by atoms with Gasteiger partial charge in [0.15, 0.2) is 5.58 Å². The van der Waals surface area contributed by atoms with E-state index in [1.165, 1.54) is 54.6 Å². The second kappa shape index (κ2) is 11.5. The maximum atomic E-state index is 6.80. The smallest absolute Gasteiger partial charge is 0.158 e. The lowest BCUT2D eigenvalue weighted by Gasteiger charge is -2.14. The zero-order valence-corrected chi connectivity index (χ0v) is 27.2. The molecule has 0 aliphatic carbocycles. The van der Waals surface area contributed by atoms with Crippen molar-refractivity contribution in [1.82, 2.24) is 0 Å². The largest absolute Gasteiger partial charge is 0.453 e.